The number of halogens is 2. The van der Waals surface area contributed by atoms with Gasteiger partial charge in [-0.15, -0.1) is 0 Å². The van der Waals surface area contributed by atoms with Crippen molar-refractivity contribution in [3.8, 4) is 11.6 Å². The van der Waals surface area contributed by atoms with Gasteiger partial charge in [0, 0.05) is 25.0 Å². The molecule has 0 bridgehead atoms. The molecule has 0 unspecified atom stereocenters. The average Bonchev–Trinajstić information content (AvgIpc) is 2.99. The van der Waals surface area contributed by atoms with Gasteiger partial charge < -0.3 is 4.57 Å². The molecule has 2 aromatic rings. The number of hydrogen-bond donors (Lipinski definition) is 0. The molecule has 0 radical (unpaired) electrons. The molecule has 0 atom stereocenters. The van der Waals surface area contributed by atoms with Crippen molar-refractivity contribution in [2.24, 2.45) is 7.05 Å². The summed E-state index contributed by atoms with van der Waals surface area (Å²) in [5.41, 5.74) is 0.902. The first-order valence-electron chi connectivity index (χ1n) is 6.37. The van der Waals surface area contributed by atoms with Gasteiger partial charge in [0.15, 0.2) is 11.6 Å². The van der Waals surface area contributed by atoms with E-state index in [4.69, 9.17) is 23.2 Å². The van der Waals surface area contributed by atoms with Crippen LogP contribution in [0.15, 0.2) is 12.4 Å². The number of nitrogens with zero attached hydrogens (tertiary/aromatic N) is 4. The summed E-state index contributed by atoms with van der Waals surface area (Å²) in [6, 6.07) is 0. The van der Waals surface area contributed by atoms with E-state index in [2.05, 4.69) is 15.0 Å². The predicted molar refractivity (Wildman–Crippen MR) is 75.5 cm³/mol. The molecule has 3 rings (SSSR count). The van der Waals surface area contributed by atoms with Crippen molar-refractivity contribution >= 4 is 23.2 Å². The Kier molecular flexibility index (Phi) is 3.46. The molecule has 1 aliphatic rings. The van der Waals surface area contributed by atoms with Crippen molar-refractivity contribution in [1.82, 2.24) is 19.5 Å². The van der Waals surface area contributed by atoms with Gasteiger partial charge in [0.1, 0.15) is 10.3 Å². The zero-order valence-corrected chi connectivity index (χ0v) is 12.1. The maximum Gasteiger partial charge on any atom is 0.198 e. The highest BCUT2D eigenvalue weighted by Crippen LogP contribution is 2.40. The van der Waals surface area contributed by atoms with Crippen LogP contribution in [0.4, 0.5) is 0 Å². The minimum atomic E-state index is 0.399. The first-order chi connectivity index (χ1) is 9.16. The van der Waals surface area contributed by atoms with E-state index in [1.165, 1.54) is 12.8 Å². The highest BCUT2D eigenvalue weighted by Gasteiger charge is 2.25. The third-order valence-corrected chi connectivity index (χ3v) is 4.21. The summed E-state index contributed by atoms with van der Waals surface area (Å²) in [4.78, 5) is 13.0. The quantitative estimate of drug-likeness (QED) is 0.791. The highest BCUT2D eigenvalue weighted by molar-refractivity contribution is 6.34. The van der Waals surface area contributed by atoms with Crippen LogP contribution in [-0.4, -0.2) is 19.5 Å². The van der Waals surface area contributed by atoms with Crippen LogP contribution >= 0.6 is 23.2 Å². The second-order valence-electron chi connectivity index (χ2n) is 4.89. The van der Waals surface area contributed by atoms with E-state index in [0.717, 1.165) is 18.4 Å². The lowest BCUT2D eigenvalue weighted by Crippen LogP contribution is -2.03. The molecule has 1 saturated carbocycles. The van der Waals surface area contributed by atoms with Gasteiger partial charge in [-0.3, -0.25) is 0 Å². The number of aromatic nitrogens is 4. The van der Waals surface area contributed by atoms with Crippen LogP contribution in [0.5, 0.6) is 0 Å². The minimum absolute atomic E-state index is 0.399. The number of rotatable bonds is 2. The number of imidazole rings is 1. The molecular formula is C13H14Cl2N4. The van der Waals surface area contributed by atoms with Gasteiger partial charge in [-0.1, -0.05) is 36.0 Å². The summed E-state index contributed by atoms with van der Waals surface area (Å²) in [5, 5.41) is 0.926. The van der Waals surface area contributed by atoms with Crippen LogP contribution in [0.2, 0.25) is 10.3 Å². The molecule has 1 fully saturated rings. The Bertz CT molecular complexity index is 579. The van der Waals surface area contributed by atoms with Gasteiger partial charge in [0.2, 0.25) is 0 Å². The lowest BCUT2D eigenvalue weighted by atomic mass is 10.0. The molecule has 0 aliphatic heterocycles. The fourth-order valence-corrected chi connectivity index (χ4v) is 3.35. The van der Waals surface area contributed by atoms with Crippen molar-refractivity contribution in [2.75, 3.05) is 0 Å². The summed E-state index contributed by atoms with van der Waals surface area (Å²) in [5.74, 6) is 1.54. The van der Waals surface area contributed by atoms with E-state index in [-0.39, 0.29) is 0 Å². The highest BCUT2D eigenvalue weighted by atomic mass is 35.5. The lowest BCUT2D eigenvalue weighted by Gasteiger charge is -2.13. The standard InChI is InChI=1S/C13H14Cl2N4/c1-19-7-6-16-13(19)12-17-10(14)9(11(15)18-12)8-4-2-3-5-8/h6-8H,2-5H2,1H3. The fraction of sp³-hybridized carbons (Fsp3) is 0.462. The molecule has 1 aliphatic carbocycles. The van der Waals surface area contributed by atoms with Gasteiger partial charge >= 0.3 is 0 Å². The topological polar surface area (TPSA) is 43.6 Å². The molecular weight excluding hydrogens is 283 g/mol. The Morgan fingerprint density at radius 2 is 1.79 bits per heavy atom. The second-order valence-corrected chi connectivity index (χ2v) is 5.60. The maximum absolute atomic E-state index is 6.31. The van der Waals surface area contributed by atoms with Gasteiger partial charge in [-0.25, -0.2) is 15.0 Å². The zero-order valence-electron chi connectivity index (χ0n) is 10.6. The predicted octanol–water partition coefficient (Wildman–Crippen LogP) is 3.84. The van der Waals surface area contributed by atoms with E-state index in [1.54, 1.807) is 6.20 Å². The van der Waals surface area contributed by atoms with Crippen LogP contribution in [0, 0.1) is 0 Å². The third-order valence-electron chi connectivity index (χ3n) is 3.64. The van der Waals surface area contributed by atoms with Crippen molar-refractivity contribution < 1.29 is 0 Å². The Balaban J connectivity index is 2.05. The number of aryl methyl sites for hydroxylation is 1. The Morgan fingerprint density at radius 1 is 1.16 bits per heavy atom. The summed E-state index contributed by atoms with van der Waals surface area (Å²) >= 11 is 12.6. The normalized spacial score (nSPS) is 16.2. The molecule has 2 aromatic heterocycles. The molecule has 4 nitrogen and oxygen atoms in total. The molecule has 0 aromatic carbocycles. The monoisotopic (exact) mass is 296 g/mol. The smallest absolute Gasteiger partial charge is 0.198 e. The molecule has 0 amide bonds. The van der Waals surface area contributed by atoms with Crippen molar-refractivity contribution in [3.05, 3.63) is 28.3 Å². The molecule has 0 N–H and O–H groups in total. The van der Waals surface area contributed by atoms with Gasteiger partial charge in [0.25, 0.3) is 0 Å². The molecule has 2 heterocycles. The van der Waals surface area contributed by atoms with E-state index < -0.39 is 0 Å². The van der Waals surface area contributed by atoms with Gasteiger partial charge in [-0.2, -0.15) is 0 Å². The van der Waals surface area contributed by atoms with E-state index >= 15 is 0 Å². The first kappa shape index (κ1) is 12.9. The molecule has 0 saturated heterocycles. The second kappa shape index (κ2) is 5.10. The van der Waals surface area contributed by atoms with E-state index in [1.807, 2.05) is 17.8 Å². The van der Waals surface area contributed by atoms with Crippen molar-refractivity contribution in [3.63, 3.8) is 0 Å². The zero-order chi connectivity index (χ0) is 13.4. The Labute approximate surface area is 121 Å². The van der Waals surface area contributed by atoms with Crippen LogP contribution in [0.1, 0.15) is 37.2 Å². The summed E-state index contributed by atoms with van der Waals surface area (Å²) in [6.07, 6.45) is 8.21. The summed E-state index contributed by atoms with van der Waals surface area (Å²) in [6.45, 7) is 0. The molecule has 19 heavy (non-hydrogen) atoms. The third kappa shape index (κ3) is 2.35. The average molecular weight is 297 g/mol. The first-order valence-corrected chi connectivity index (χ1v) is 7.13. The van der Waals surface area contributed by atoms with Crippen LogP contribution in [0.25, 0.3) is 11.6 Å². The van der Waals surface area contributed by atoms with Gasteiger partial charge in [-0.05, 0) is 18.8 Å². The Hall–Kier alpha value is -1.13. The largest absolute Gasteiger partial charge is 0.331 e. The van der Waals surface area contributed by atoms with Gasteiger partial charge in [0.05, 0.1) is 0 Å². The van der Waals surface area contributed by atoms with Crippen LogP contribution < -0.4 is 0 Å². The Morgan fingerprint density at radius 3 is 2.32 bits per heavy atom. The van der Waals surface area contributed by atoms with Crippen molar-refractivity contribution in [2.45, 2.75) is 31.6 Å². The summed E-state index contributed by atoms with van der Waals surface area (Å²) < 4.78 is 1.84. The van der Waals surface area contributed by atoms with Crippen LogP contribution in [0.3, 0.4) is 0 Å². The molecule has 100 valence electrons. The summed E-state index contributed by atoms with van der Waals surface area (Å²) in [7, 11) is 1.89. The van der Waals surface area contributed by atoms with E-state index in [0.29, 0.717) is 27.9 Å². The SMILES string of the molecule is Cn1ccnc1-c1nc(Cl)c(C2CCCC2)c(Cl)n1. The van der Waals surface area contributed by atoms with Crippen molar-refractivity contribution in [1.29, 1.82) is 0 Å². The molecule has 6 heteroatoms. The fourth-order valence-electron chi connectivity index (χ4n) is 2.65. The van der Waals surface area contributed by atoms with Crippen LogP contribution in [-0.2, 0) is 7.05 Å². The number of hydrogen-bond acceptors (Lipinski definition) is 3. The molecule has 0 spiro atoms. The van der Waals surface area contributed by atoms with E-state index in [9.17, 15) is 0 Å². The maximum atomic E-state index is 6.31. The lowest BCUT2D eigenvalue weighted by molar-refractivity contribution is 0.714. The minimum Gasteiger partial charge on any atom is -0.331 e.